The molecule has 0 atom stereocenters. The number of nitro benzene ring substituents is 1. The van der Waals surface area contributed by atoms with Gasteiger partial charge in [-0.2, -0.15) is 0 Å². The standard InChI is InChI=1S/C21H26ClNO3/c22-19-12-7-13-20(23(25)26)18(19)14-15-21(24,16-8-3-1-4-9-16)17-10-5-2-6-11-17/h7,12-13,16-17,24H,1-6,8-11H2. The molecule has 0 radical (unpaired) electrons. The van der Waals surface area contributed by atoms with Crippen molar-refractivity contribution < 1.29 is 10.0 Å². The van der Waals surface area contributed by atoms with Crippen molar-refractivity contribution in [2.24, 2.45) is 11.8 Å². The molecule has 0 aromatic heterocycles. The Morgan fingerprint density at radius 3 is 2.08 bits per heavy atom. The minimum atomic E-state index is -1.08. The van der Waals surface area contributed by atoms with Crippen molar-refractivity contribution >= 4 is 17.3 Å². The summed E-state index contributed by atoms with van der Waals surface area (Å²) in [7, 11) is 0. The molecule has 0 spiro atoms. The van der Waals surface area contributed by atoms with Crippen LogP contribution in [-0.4, -0.2) is 15.6 Å². The first kappa shape index (κ1) is 19.2. The Bertz CT molecular complexity index is 692. The highest BCUT2D eigenvalue weighted by atomic mass is 35.5. The Labute approximate surface area is 160 Å². The minimum absolute atomic E-state index is 0.0976. The molecular weight excluding hydrogens is 350 g/mol. The number of benzene rings is 1. The first-order valence-electron chi connectivity index (χ1n) is 9.71. The van der Waals surface area contributed by atoms with E-state index in [2.05, 4.69) is 11.8 Å². The molecule has 0 amide bonds. The van der Waals surface area contributed by atoms with Crippen LogP contribution in [0.4, 0.5) is 5.69 Å². The van der Waals surface area contributed by atoms with Gasteiger partial charge in [-0.3, -0.25) is 10.1 Å². The maximum Gasteiger partial charge on any atom is 0.286 e. The fourth-order valence-electron chi connectivity index (χ4n) is 4.57. The summed E-state index contributed by atoms with van der Waals surface area (Å²) in [5.74, 6) is 6.32. The SMILES string of the molecule is O=[N+]([O-])c1cccc(Cl)c1C#CC(O)(C1CCCCC1)C1CCCCC1. The Hall–Kier alpha value is -1.57. The van der Waals surface area contributed by atoms with E-state index in [1.165, 1.54) is 18.9 Å². The molecule has 2 saturated carbocycles. The van der Waals surface area contributed by atoms with Crippen LogP contribution < -0.4 is 0 Å². The Balaban J connectivity index is 1.99. The van der Waals surface area contributed by atoms with Crippen molar-refractivity contribution in [3.8, 4) is 11.8 Å². The summed E-state index contributed by atoms with van der Waals surface area (Å²) in [5, 5.41) is 23.2. The number of halogens is 1. The molecule has 0 bridgehead atoms. The van der Waals surface area contributed by atoms with Gasteiger partial charge in [-0.1, -0.05) is 68.0 Å². The third-order valence-corrected chi connectivity index (χ3v) is 6.35. The number of aliphatic hydroxyl groups is 1. The third-order valence-electron chi connectivity index (χ3n) is 6.03. The summed E-state index contributed by atoms with van der Waals surface area (Å²) in [6, 6.07) is 4.58. The fourth-order valence-corrected chi connectivity index (χ4v) is 4.79. The van der Waals surface area contributed by atoms with E-state index in [1.807, 2.05) is 0 Å². The van der Waals surface area contributed by atoms with E-state index in [4.69, 9.17) is 11.6 Å². The van der Waals surface area contributed by atoms with Crippen LogP contribution in [0.3, 0.4) is 0 Å². The molecule has 0 saturated heterocycles. The van der Waals surface area contributed by atoms with Crippen LogP contribution in [0, 0.1) is 33.8 Å². The molecule has 26 heavy (non-hydrogen) atoms. The van der Waals surface area contributed by atoms with E-state index in [9.17, 15) is 15.2 Å². The molecule has 5 heteroatoms. The second-order valence-corrected chi connectivity index (χ2v) is 8.04. The summed E-state index contributed by atoms with van der Waals surface area (Å²) < 4.78 is 0. The van der Waals surface area contributed by atoms with Crippen LogP contribution in [0.15, 0.2) is 18.2 Å². The highest BCUT2D eigenvalue weighted by molar-refractivity contribution is 6.32. The molecule has 2 fully saturated rings. The molecule has 140 valence electrons. The first-order chi connectivity index (χ1) is 12.5. The number of nitro groups is 1. The van der Waals surface area contributed by atoms with Gasteiger partial charge >= 0.3 is 0 Å². The van der Waals surface area contributed by atoms with Crippen LogP contribution in [0.1, 0.15) is 69.8 Å². The fraction of sp³-hybridized carbons (Fsp3) is 0.619. The molecule has 1 aromatic carbocycles. The van der Waals surface area contributed by atoms with E-state index in [-0.39, 0.29) is 28.1 Å². The van der Waals surface area contributed by atoms with Gasteiger partial charge in [0.05, 0.1) is 9.95 Å². The van der Waals surface area contributed by atoms with Crippen LogP contribution in [0.5, 0.6) is 0 Å². The Kier molecular flexibility index (Phi) is 6.21. The van der Waals surface area contributed by atoms with Crippen LogP contribution in [0.25, 0.3) is 0 Å². The summed E-state index contributed by atoms with van der Waals surface area (Å²) in [4.78, 5) is 10.9. The van der Waals surface area contributed by atoms with Gasteiger partial charge in [-0.25, -0.2) is 0 Å². The van der Waals surface area contributed by atoms with Gasteiger partial charge in [0.15, 0.2) is 0 Å². The molecule has 2 aliphatic rings. The van der Waals surface area contributed by atoms with Gasteiger partial charge in [-0.05, 0) is 43.6 Å². The predicted octanol–water partition coefficient (Wildman–Crippen LogP) is 5.49. The molecule has 0 heterocycles. The summed E-state index contributed by atoms with van der Waals surface area (Å²) in [6.45, 7) is 0. The number of hydrogen-bond donors (Lipinski definition) is 1. The quantitative estimate of drug-likeness (QED) is 0.431. The van der Waals surface area contributed by atoms with Crippen molar-refractivity contribution in [2.45, 2.75) is 69.8 Å². The van der Waals surface area contributed by atoms with Crippen molar-refractivity contribution in [1.29, 1.82) is 0 Å². The molecular formula is C21H26ClNO3. The normalized spacial score (nSPS) is 19.6. The van der Waals surface area contributed by atoms with Crippen molar-refractivity contribution in [3.05, 3.63) is 38.9 Å². The lowest BCUT2D eigenvalue weighted by Gasteiger charge is -2.42. The van der Waals surface area contributed by atoms with Crippen LogP contribution in [-0.2, 0) is 0 Å². The van der Waals surface area contributed by atoms with E-state index >= 15 is 0 Å². The lowest BCUT2D eigenvalue weighted by molar-refractivity contribution is -0.385. The van der Waals surface area contributed by atoms with Gasteiger partial charge in [0.1, 0.15) is 11.2 Å². The van der Waals surface area contributed by atoms with Gasteiger partial charge in [0.25, 0.3) is 5.69 Å². The maximum absolute atomic E-state index is 11.7. The second kappa shape index (κ2) is 8.41. The largest absolute Gasteiger partial charge is 0.377 e. The average Bonchev–Trinajstić information content (AvgIpc) is 2.68. The second-order valence-electron chi connectivity index (χ2n) is 7.64. The Morgan fingerprint density at radius 2 is 1.58 bits per heavy atom. The van der Waals surface area contributed by atoms with E-state index in [1.54, 1.807) is 12.1 Å². The summed E-state index contributed by atoms with van der Waals surface area (Å²) in [6.07, 6.45) is 10.8. The first-order valence-corrected chi connectivity index (χ1v) is 10.1. The number of rotatable bonds is 3. The van der Waals surface area contributed by atoms with Gasteiger partial charge in [0.2, 0.25) is 0 Å². The van der Waals surface area contributed by atoms with Crippen molar-refractivity contribution in [3.63, 3.8) is 0 Å². The highest BCUT2D eigenvalue weighted by Gasteiger charge is 2.43. The molecule has 3 rings (SSSR count). The molecule has 0 aliphatic heterocycles. The molecule has 4 nitrogen and oxygen atoms in total. The maximum atomic E-state index is 11.7. The zero-order valence-corrected chi connectivity index (χ0v) is 15.8. The number of nitrogens with zero attached hydrogens (tertiary/aromatic N) is 1. The van der Waals surface area contributed by atoms with Crippen LogP contribution in [0.2, 0.25) is 5.02 Å². The van der Waals surface area contributed by atoms with Crippen molar-refractivity contribution in [1.82, 2.24) is 0 Å². The van der Waals surface area contributed by atoms with E-state index in [0.29, 0.717) is 0 Å². The molecule has 0 unspecified atom stereocenters. The zero-order valence-electron chi connectivity index (χ0n) is 15.0. The van der Waals surface area contributed by atoms with Gasteiger partial charge in [0, 0.05) is 6.07 Å². The number of hydrogen-bond acceptors (Lipinski definition) is 3. The van der Waals surface area contributed by atoms with Gasteiger partial charge < -0.3 is 5.11 Å². The lowest BCUT2D eigenvalue weighted by atomic mass is 9.66. The summed E-state index contributed by atoms with van der Waals surface area (Å²) >= 11 is 6.19. The zero-order chi connectivity index (χ0) is 18.6. The predicted molar refractivity (Wildman–Crippen MR) is 103 cm³/mol. The molecule has 2 aliphatic carbocycles. The smallest absolute Gasteiger partial charge is 0.286 e. The minimum Gasteiger partial charge on any atom is -0.377 e. The lowest BCUT2D eigenvalue weighted by Crippen LogP contribution is -2.45. The molecule has 1 aromatic rings. The third kappa shape index (κ3) is 4.05. The van der Waals surface area contributed by atoms with Crippen LogP contribution >= 0.6 is 11.6 Å². The topological polar surface area (TPSA) is 63.4 Å². The van der Waals surface area contributed by atoms with Gasteiger partial charge in [-0.15, -0.1) is 0 Å². The van der Waals surface area contributed by atoms with E-state index < -0.39 is 10.5 Å². The monoisotopic (exact) mass is 375 g/mol. The highest BCUT2D eigenvalue weighted by Crippen LogP contribution is 2.42. The van der Waals surface area contributed by atoms with E-state index in [0.717, 1.165) is 51.4 Å². The Morgan fingerprint density at radius 1 is 1.04 bits per heavy atom. The molecule has 1 N–H and O–H groups in total. The summed E-state index contributed by atoms with van der Waals surface area (Å²) in [5.41, 5.74) is -0.961. The average molecular weight is 376 g/mol. The van der Waals surface area contributed by atoms with Crippen molar-refractivity contribution in [2.75, 3.05) is 0 Å².